The molecule has 0 radical (unpaired) electrons. The van der Waals surface area contributed by atoms with Gasteiger partial charge in [-0.3, -0.25) is 9.78 Å². The molecule has 3 rings (SSSR count). The Morgan fingerprint density at radius 2 is 2.09 bits per heavy atom. The van der Waals surface area contributed by atoms with Crippen LogP contribution in [0, 0.1) is 0 Å². The number of carbonyl (C=O) groups excluding carboxylic acids is 1. The molecule has 8 nitrogen and oxygen atoms in total. The van der Waals surface area contributed by atoms with Crippen LogP contribution in [-0.4, -0.2) is 51.4 Å². The molecule has 0 saturated carbocycles. The molecule has 0 aliphatic carbocycles. The Kier molecular flexibility index (Phi) is 3.06. The first-order chi connectivity index (χ1) is 10.6. The topological polar surface area (TPSA) is 131 Å². The number of pyridine rings is 1. The van der Waals surface area contributed by atoms with Crippen LogP contribution in [0.4, 0.5) is 5.69 Å². The lowest BCUT2D eigenvalue weighted by Gasteiger charge is -2.37. The number of carboxylic acid groups (broad SMARTS) is 1. The fourth-order valence-electron chi connectivity index (χ4n) is 3.00. The highest BCUT2D eigenvalue weighted by atomic mass is 32.2. The number of β-lactam (4-membered cyclic amide) rings is 1. The van der Waals surface area contributed by atoms with E-state index < -0.39 is 37.9 Å². The lowest BCUT2D eigenvalue weighted by atomic mass is 9.95. The molecular weight excluding hydrogens is 322 g/mol. The normalized spacial score (nSPS) is 29.2. The molecule has 2 saturated heterocycles. The SMILES string of the molecule is CC1(C)[C@H](C(=O)O)N2C(=O)/C(=C/c3ccc(N)cn3)C2S1(=O)=O. The van der Waals surface area contributed by atoms with Gasteiger partial charge in [0.1, 0.15) is 4.75 Å². The molecule has 2 aliphatic rings. The zero-order valence-corrected chi connectivity index (χ0v) is 13.2. The molecule has 1 amide bonds. The average molecular weight is 337 g/mol. The minimum Gasteiger partial charge on any atom is -0.480 e. The average Bonchev–Trinajstić information content (AvgIpc) is 2.60. The number of carbonyl (C=O) groups is 2. The molecule has 0 bridgehead atoms. The molecule has 0 aromatic carbocycles. The van der Waals surface area contributed by atoms with Crippen LogP contribution >= 0.6 is 0 Å². The number of nitrogen functional groups attached to an aromatic ring is 1. The van der Waals surface area contributed by atoms with Gasteiger partial charge in [0, 0.05) is 0 Å². The number of anilines is 1. The van der Waals surface area contributed by atoms with Gasteiger partial charge in [-0.15, -0.1) is 0 Å². The first-order valence-electron chi connectivity index (χ1n) is 6.81. The van der Waals surface area contributed by atoms with Crippen LogP contribution in [0.15, 0.2) is 23.9 Å². The molecule has 3 heterocycles. The molecule has 0 spiro atoms. The van der Waals surface area contributed by atoms with Crippen molar-refractivity contribution in [3.8, 4) is 0 Å². The van der Waals surface area contributed by atoms with Gasteiger partial charge in [-0.25, -0.2) is 13.2 Å². The first-order valence-corrected chi connectivity index (χ1v) is 8.35. The van der Waals surface area contributed by atoms with E-state index in [9.17, 15) is 23.1 Å². The fraction of sp³-hybridized carbons (Fsp3) is 0.357. The predicted octanol–water partition coefficient (Wildman–Crippen LogP) is -0.124. The smallest absolute Gasteiger partial charge is 0.328 e. The Hall–Kier alpha value is -2.42. The molecule has 1 aromatic rings. The monoisotopic (exact) mass is 337 g/mol. The highest BCUT2D eigenvalue weighted by molar-refractivity contribution is 7.94. The van der Waals surface area contributed by atoms with Crippen molar-refractivity contribution in [2.75, 3.05) is 5.73 Å². The third kappa shape index (κ3) is 1.89. The molecule has 2 atom stereocenters. The van der Waals surface area contributed by atoms with Gasteiger partial charge in [0.05, 0.1) is 23.2 Å². The van der Waals surface area contributed by atoms with Crippen LogP contribution in [0.25, 0.3) is 6.08 Å². The number of aliphatic carboxylic acids is 1. The summed E-state index contributed by atoms with van der Waals surface area (Å²) in [4.78, 5) is 28.6. The number of hydrogen-bond acceptors (Lipinski definition) is 6. The number of aromatic nitrogens is 1. The number of sulfone groups is 1. The lowest BCUT2D eigenvalue weighted by Crippen LogP contribution is -2.58. The van der Waals surface area contributed by atoms with Crippen molar-refractivity contribution in [1.29, 1.82) is 0 Å². The molecule has 3 N–H and O–H groups in total. The van der Waals surface area contributed by atoms with Crippen LogP contribution in [0.3, 0.4) is 0 Å². The van der Waals surface area contributed by atoms with Crippen LogP contribution in [-0.2, 0) is 19.4 Å². The minimum absolute atomic E-state index is 0.0269. The summed E-state index contributed by atoms with van der Waals surface area (Å²) in [5.41, 5.74) is 6.38. The molecule has 122 valence electrons. The van der Waals surface area contributed by atoms with Gasteiger partial charge in [-0.05, 0) is 32.1 Å². The highest BCUT2D eigenvalue weighted by Crippen LogP contribution is 2.48. The van der Waals surface area contributed by atoms with E-state index in [-0.39, 0.29) is 5.57 Å². The van der Waals surface area contributed by atoms with E-state index in [0.29, 0.717) is 11.4 Å². The number of fused-ring (bicyclic) bond motifs is 1. The fourth-order valence-corrected chi connectivity index (χ4v) is 5.12. The molecule has 2 aliphatic heterocycles. The van der Waals surface area contributed by atoms with Gasteiger partial charge in [-0.2, -0.15) is 0 Å². The predicted molar refractivity (Wildman–Crippen MR) is 81.7 cm³/mol. The van der Waals surface area contributed by atoms with Crippen molar-refractivity contribution in [2.45, 2.75) is 30.0 Å². The highest BCUT2D eigenvalue weighted by Gasteiger charge is 2.70. The maximum atomic E-state index is 12.7. The zero-order chi connectivity index (χ0) is 17.2. The number of nitrogens with two attached hydrogens (primary N) is 1. The first kappa shape index (κ1) is 15.5. The van der Waals surface area contributed by atoms with E-state index in [0.717, 1.165) is 4.90 Å². The van der Waals surface area contributed by atoms with E-state index in [1.165, 1.54) is 26.1 Å². The van der Waals surface area contributed by atoms with Crippen molar-refractivity contribution in [2.24, 2.45) is 0 Å². The van der Waals surface area contributed by atoms with E-state index in [2.05, 4.69) is 4.98 Å². The maximum Gasteiger partial charge on any atom is 0.328 e. The van der Waals surface area contributed by atoms with Gasteiger partial charge in [-0.1, -0.05) is 0 Å². The third-order valence-electron chi connectivity index (χ3n) is 4.31. The summed E-state index contributed by atoms with van der Waals surface area (Å²) in [7, 11) is -3.87. The summed E-state index contributed by atoms with van der Waals surface area (Å²) in [5, 5.41) is 8.08. The Morgan fingerprint density at radius 3 is 2.61 bits per heavy atom. The van der Waals surface area contributed by atoms with Crippen molar-refractivity contribution in [3.05, 3.63) is 29.6 Å². The van der Waals surface area contributed by atoms with Gasteiger partial charge in [0.2, 0.25) is 0 Å². The second-order valence-electron chi connectivity index (χ2n) is 6.07. The zero-order valence-electron chi connectivity index (χ0n) is 12.4. The van der Waals surface area contributed by atoms with Crippen LogP contribution in [0.2, 0.25) is 0 Å². The Labute approximate surface area is 132 Å². The van der Waals surface area contributed by atoms with Crippen molar-refractivity contribution >= 4 is 33.5 Å². The third-order valence-corrected chi connectivity index (χ3v) is 7.07. The van der Waals surface area contributed by atoms with Gasteiger partial charge in [0.25, 0.3) is 5.91 Å². The minimum atomic E-state index is -3.87. The summed E-state index contributed by atoms with van der Waals surface area (Å²) in [6.07, 6.45) is 2.75. The summed E-state index contributed by atoms with van der Waals surface area (Å²) in [6, 6.07) is 1.73. The standard InChI is InChI=1S/C14H15N3O5S/c1-14(2)10(13(19)20)17-11(18)9(12(17)23(14,21)22)5-8-4-3-7(15)6-16-8/h3-6,10,12H,15H2,1-2H3,(H,19,20)/b9-5-/t10-,12?/m0/s1. The maximum absolute atomic E-state index is 12.7. The van der Waals surface area contributed by atoms with Crippen molar-refractivity contribution in [3.63, 3.8) is 0 Å². The van der Waals surface area contributed by atoms with E-state index in [1.54, 1.807) is 12.1 Å². The quantitative estimate of drug-likeness (QED) is 0.568. The Bertz CT molecular complexity index is 842. The molecule has 23 heavy (non-hydrogen) atoms. The molecule has 9 heteroatoms. The van der Waals surface area contributed by atoms with Crippen LogP contribution in [0.5, 0.6) is 0 Å². The van der Waals surface area contributed by atoms with Gasteiger partial charge in [0.15, 0.2) is 21.3 Å². The number of hydrogen-bond donors (Lipinski definition) is 2. The largest absolute Gasteiger partial charge is 0.480 e. The second kappa shape index (κ2) is 4.54. The van der Waals surface area contributed by atoms with Crippen molar-refractivity contribution in [1.82, 2.24) is 9.88 Å². The van der Waals surface area contributed by atoms with E-state index in [4.69, 9.17) is 5.73 Å². The van der Waals surface area contributed by atoms with Gasteiger partial charge >= 0.3 is 5.97 Å². The number of amides is 1. The Morgan fingerprint density at radius 1 is 1.43 bits per heavy atom. The number of rotatable bonds is 2. The summed E-state index contributed by atoms with van der Waals surface area (Å²) < 4.78 is 23.7. The molecule has 2 fully saturated rings. The lowest BCUT2D eigenvalue weighted by molar-refractivity contribution is -0.152. The second-order valence-corrected chi connectivity index (χ2v) is 8.66. The molecular formula is C14H15N3O5S. The summed E-state index contributed by atoms with van der Waals surface area (Å²) >= 11 is 0. The Balaban J connectivity index is 2.08. The number of carboxylic acids is 1. The van der Waals surface area contributed by atoms with Crippen molar-refractivity contribution < 1.29 is 23.1 Å². The van der Waals surface area contributed by atoms with Gasteiger partial charge < -0.3 is 15.7 Å². The van der Waals surface area contributed by atoms with Crippen LogP contribution in [0.1, 0.15) is 19.5 Å². The summed E-state index contributed by atoms with van der Waals surface area (Å²) in [5.74, 6) is -1.94. The van der Waals surface area contributed by atoms with E-state index in [1.807, 2.05) is 0 Å². The summed E-state index contributed by atoms with van der Waals surface area (Å²) in [6.45, 7) is 2.65. The number of nitrogens with zero attached hydrogens (tertiary/aromatic N) is 2. The van der Waals surface area contributed by atoms with E-state index >= 15 is 0 Å². The molecule has 1 aromatic heterocycles. The van der Waals surface area contributed by atoms with Crippen LogP contribution < -0.4 is 5.73 Å². The molecule has 1 unspecified atom stereocenters.